The van der Waals surface area contributed by atoms with Crippen molar-refractivity contribution in [3.63, 3.8) is 0 Å². The molecule has 0 fully saturated rings. The van der Waals surface area contributed by atoms with Crippen molar-refractivity contribution < 1.29 is 24.5 Å². The lowest BCUT2D eigenvalue weighted by Gasteiger charge is -2.20. The molecule has 2 unspecified atom stereocenters. The summed E-state index contributed by atoms with van der Waals surface area (Å²) in [7, 11) is 0. The van der Waals surface area contributed by atoms with Crippen LogP contribution in [-0.4, -0.2) is 47.4 Å². The number of hydrogen-bond acceptors (Lipinski definition) is 5. The maximum Gasteiger partial charge on any atom is 0.305 e. The Kier molecular flexibility index (Phi) is 51.1. The second-order valence-corrected chi connectivity index (χ2v) is 18.9. The number of amides is 1. The van der Waals surface area contributed by atoms with E-state index in [-0.39, 0.29) is 18.5 Å². The van der Waals surface area contributed by atoms with Gasteiger partial charge in [0.25, 0.3) is 0 Å². The molecule has 6 heteroatoms. The number of nitrogens with one attached hydrogen (secondary N) is 1. The lowest BCUT2D eigenvalue weighted by atomic mass is 10.0. The highest BCUT2D eigenvalue weighted by Crippen LogP contribution is 2.16. The highest BCUT2D eigenvalue weighted by molar-refractivity contribution is 5.76. The third-order valence-corrected chi connectivity index (χ3v) is 12.6. The van der Waals surface area contributed by atoms with Crippen LogP contribution in [0.1, 0.15) is 290 Å². The molecule has 0 aliphatic heterocycles. The van der Waals surface area contributed by atoms with Crippen molar-refractivity contribution in [1.82, 2.24) is 5.32 Å². The summed E-state index contributed by atoms with van der Waals surface area (Å²) < 4.78 is 5.45. The lowest BCUT2D eigenvalue weighted by Crippen LogP contribution is -2.45. The lowest BCUT2D eigenvalue weighted by molar-refractivity contribution is -0.143. The molecule has 0 aromatic rings. The highest BCUT2D eigenvalue weighted by Gasteiger charge is 2.18. The van der Waals surface area contributed by atoms with E-state index < -0.39 is 12.1 Å². The zero-order valence-electron chi connectivity index (χ0n) is 42.1. The predicted octanol–water partition coefficient (Wildman–Crippen LogP) is 16.9. The number of aliphatic hydroxyl groups excluding tert-OH is 2. The molecule has 0 rings (SSSR count). The largest absolute Gasteiger partial charge is 0.466 e. The van der Waals surface area contributed by atoms with Gasteiger partial charge in [-0.2, -0.15) is 0 Å². The van der Waals surface area contributed by atoms with Crippen LogP contribution in [0.5, 0.6) is 0 Å². The number of unbranched alkanes of at least 4 members (excludes halogenated alkanes) is 36. The monoisotopic (exact) mass is 886 g/mol. The van der Waals surface area contributed by atoms with Crippen LogP contribution < -0.4 is 5.32 Å². The van der Waals surface area contributed by atoms with Crippen LogP contribution in [0.4, 0.5) is 0 Å². The Hall–Kier alpha value is -1.92. The maximum absolute atomic E-state index is 12.4. The quantitative estimate of drug-likeness (QED) is 0.0321. The van der Waals surface area contributed by atoms with E-state index in [1.54, 1.807) is 6.08 Å². The van der Waals surface area contributed by atoms with Crippen molar-refractivity contribution in [3.8, 4) is 0 Å². The first-order valence-electron chi connectivity index (χ1n) is 27.8. The van der Waals surface area contributed by atoms with Crippen molar-refractivity contribution in [2.45, 2.75) is 302 Å². The van der Waals surface area contributed by atoms with E-state index in [1.165, 1.54) is 218 Å². The molecular weight excluding hydrogens is 779 g/mol. The summed E-state index contributed by atoms with van der Waals surface area (Å²) in [5.74, 6) is -0.0721. The van der Waals surface area contributed by atoms with Gasteiger partial charge in [0.1, 0.15) is 0 Å². The molecule has 0 aliphatic rings. The number of carbonyl (C=O) groups excluding carboxylic acids is 2. The third kappa shape index (κ3) is 49.4. The minimum Gasteiger partial charge on any atom is -0.466 e. The summed E-state index contributed by atoms with van der Waals surface area (Å²) >= 11 is 0. The van der Waals surface area contributed by atoms with Gasteiger partial charge in [0.2, 0.25) is 5.91 Å². The van der Waals surface area contributed by atoms with Gasteiger partial charge in [-0.3, -0.25) is 9.59 Å². The van der Waals surface area contributed by atoms with E-state index in [0.717, 1.165) is 44.9 Å². The molecule has 0 aromatic heterocycles. The average Bonchev–Trinajstić information content (AvgIpc) is 3.28. The fourth-order valence-corrected chi connectivity index (χ4v) is 8.31. The normalized spacial score (nSPS) is 12.9. The second kappa shape index (κ2) is 52.7. The minimum atomic E-state index is -0.844. The van der Waals surface area contributed by atoms with Crippen LogP contribution >= 0.6 is 0 Å². The molecule has 0 heterocycles. The van der Waals surface area contributed by atoms with Crippen LogP contribution in [0, 0.1) is 0 Å². The van der Waals surface area contributed by atoms with Gasteiger partial charge in [0, 0.05) is 12.8 Å². The summed E-state index contributed by atoms with van der Waals surface area (Å²) in [5, 5.41) is 23.0. The van der Waals surface area contributed by atoms with Crippen molar-refractivity contribution in [2.75, 3.05) is 13.2 Å². The van der Waals surface area contributed by atoms with Crippen LogP contribution in [0.2, 0.25) is 0 Å². The van der Waals surface area contributed by atoms with E-state index in [2.05, 4.69) is 43.5 Å². The summed E-state index contributed by atoms with van der Waals surface area (Å²) in [6, 6.07) is -0.628. The summed E-state index contributed by atoms with van der Waals surface area (Å²) in [6.45, 7) is 4.84. The van der Waals surface area contributed by atoms with Gasteiger partial charge < -0.3 is 20.3 Å². The fourth-order valence-electron chi connectivity index (χ4n) is 8.31. The Morgan fingerprint density at radius 1 is 0.429 bits per heavy atom. The average molecular weight is 886 g/mol. The molecular formula is C57H107NO5. The second-order valence-electron chi connectivity index (χ2n) is 18.9. The SMILES string of the molecule is CCCC/C=C\CCCCCCCC(=O)OCCCCCCCCCCCCCC/C=C\CCCCCCCCCCCC(=O)NC(CO)C(O)/C=C/CCCCCCCCCC. The molecule has 6 nitrogen and oxygen atoms in total. The molecule has 0 saturated carbocycles. The molecule has 370 valence electrons. The number of carbonyl (C=O) groups is 2. The summed E-state index contributed by atoms with van der Waals surface area (Å²) in [5.41, 5.74) is 0. The summed E-state index contributed by atoms with van der Waals surface area (Å²) in [4.78, 5) is 24.4. The number of ether oxygens (including phenoxy) is 1. The van der Waals surface area contributed by atoms with Gasteiger partial charge in [-0.15, -0.1) is 0 Å². The van der Waals surface area contributed by atoms with E-state index in [0.29, 0.717) is 19.4 Å². The first-order chi connectivity index (χ1) is 31.0. The minimum absolute atomic E-state index is 0.00127. The van der Waals surface area contributed by atoms with E-state index in [1.807, 2.05) is 6.08 Å². The Bertz CT molecular complexity index is 1020. The Labute approximate surface area is 392 Å². The van der Waals surface area contributed by atoms with Gasteiger partial charge in [0.05, 0.1) is 25.4 Å². The molecule has 0 saturated heterocycles. The van der Waals surface area contributed by atoms with Crippen LogP contribution in [0.25, 0.3) is 0 Å². The summed E-state index contributed by atoms with van der Waals surface area (Å²) in [6.07, 6.45) is 64.6. The molecule has 0 radical (unpaired) electrons. The van der Waals surface area contributed by atoms with Gasteiger partial charge in [-0.25, -0.2) is 0 Å². The van der Waals surface area contributed by atoms with Crippen LogP contribution in [0.15, 0.2) is 36.5 Å². The predicted molar refractivity (Wildman–Crippen MR) is 273 cm³/mol. The molecule has 0 aromatic carbocycles. The Balaban J connectivity index is 3.40. The van der Waals surface area contributed by atoms with Gasteiger partial charge >= 0.3 is 5.97 Å². The van der Waals surface area contributed by atoms with Crippen molar-refractivity contribution in [2.24, 2.45) is 0 Å². The number of hydrogen-bond donors (Lipinski definition) is 3. The number of allylic oxidation sites excluding steroid dienone is 5. The smallest absolute Gasteiger partial charge is 0.305 e. The van der Waals surface area contributed by atoms with Crippen LogP contribution in [-0.2, 0) is 14.3 Å². The molecule has 3 N–H and O–H groups in total. The molecule has 63 heavy (non-hydrogen) atoms. The third-order valence-electron chi connectivity index (χ3n) is 12.6. The first kappa shape index (κ1) is 61.1. The number of aliphatic hydroxyl groups is 2. The highest BCUT2D eigenvalue weighted by atomic mass is 16.5. The maximum atomic E-state index is 12.4. The topological polar surface area (TPSA) is 95.9 Å². The van der Waals surface area contributed by atoms with E-state index in [9.17, 15) is 19.8 Å². The Morgan fingerprint density at radius 3 is 1.17 bits per heavy atom. The van der Waals surface area contributed by atoms with Gasteiger partial charge in [0.15, 0.2) is 0 Å². The van der Waals surface area contributed by atoms with E-state index >= 15 is 0 Å². The Morgan fingerprint density at radius 2 is 0.762 bits per heavy atom. The molecule has 0 bridgehead atoms. The van der Waals surface area contributed by atoms with Crippen LogP contribution in [0.3, 0.4) is 0 Å². The zero-order chi connectivity index (χ0) is 45.8. The first-order valence-corrected chi connectivity index (χ1v) is 27.8. The molecule has 0 aliphatic carbocycles. The number of rotatable bonds is 51. The van der Waals surface area contributed by atoms with Gasteiger partial charge in [-0.1, -0.05) is 237 Å². The standard InChI is InChI=1S/C57H107NO5/c1-3-5-7-9-11-13-30-35-39-43-47-51-57(62)63-52-48-44-40-36-32-29-27-25-23-21-19-17-15-16-18-20-22-24-26-28-31-34-38-42-46-50-56(61)58-54(53-59)55(60)49-45-41-37-33-14-12-10-8-6-4-2/h9,11,16,18,45,49,54-55,59-60H,3-8,10,12-15,17,19-44,46-48,50-53H2,1-2H3,(H,58,61)/b11-9-,18-16-,49-45+. The van der Waals surface area contributed by atoms with Crippen molar-refractivity contribution in [3.05, 3.63) is 36.5 Å². The molecule has 0 spiro atoms. The van der Waals surface area contributed by atoms with E-state index in [4.69, 9.17) is 4.74 Å². The zero-order valence-corrected chi connectivity index (χ0v) is 42.1. The van der Waals surface area contributed by atoms with Gasteiger partial charge in [-0.05, 0) is 77.0 Å². The fraction of sp³-hybridized carbons (Fsp3) is 0.860. The molecule has 2 atom stereocenters. The molecule has 1 amide bonds. The number of esters is 1. The van der Waals surface area contributed by atoms with Crippen molar-refractivity contribution in [1.29, 1.82) is 0 Å². The van der Waals surface area contributed by atoms with Crippen molar-refractivity contribution >= 4 is 11.9 Å².